The van der Waals surface area contributed by atoms with Gasteiger partial charge in [-0.15, -0.1) is 18.3 Å². The first-order chi connectivity index (χ1) is 11.5. The second-order valence-electron chi connectivity index (χ2n) is 4.93. The maximum atomic E-state index is 13.0. The van der Waals surface area contributed by atoms with Crippen LogP contribution < -0.4 is 9.04 Å². The average Bonchev–Trinajstić information content (AvgIpc) is 2.61. The fraction of sp³-hybridized carbons (Fsp3) is 0.222. The SMILES string of the molecule is C=CCN(c1ccc(OCC)cc1)S(=O)(=O)c1ccc(SC)cc1. The predicted octanol–water partition coefficient (Wildman–Crippen LogP) is 4.19. The third-order valence-electron chi connectivity index (χ3n) is 3.38. The number of hydrogen-bond donors (Lipinski definition) is 0. The van der Waals surface area contributed by atoms with E-state index in [0.717, 1.165) is 4.90 Å². The van der Waals surface area contributed by atoms with Gasteiger partial charge in [0.05, 0.1) is 23.7 Å². The van der Waals surface area contributed by atoms with Crippen LogP contribution in [0.4, 0.5) is 5.69 Å². The third-order valence-corrected chi connectivity index (χ3v) is 5.93. The first-order valence-corrected chi connectivity index (χ1v) is 10.2. The van der Waals surface area contributed by atoms with E-state index < -0.39 is 10.0 Å². The van der Waals surface area contributed by atoms with E-state index in [2.05, 4.69) is 6.58 Å². The second-order valence-corrected chi connectivity index (χ2v) is 7.67. The van der Waals surface area contributed by atoms with Crippen LogP contribution >= 0.6 is 11.8 Å². The van der Waals surface area contributed by atoms with Crippen molar-refractivity contribution in [1.82, 2.24) is 0 Å². The molecule has 2 rings (SSSR count). The Labute approximate surface area is 148 Å². The number of rotatable bonds is 8. The molecule has 2 aromatic carbocycles. The number of anilines is 1. The predicted molar refractivity (Wildman–Crippen MR) is 101 cm³/mol. The summed E-state index contributed by atoms with van der Waals surface area (Å²) in [6, 6.07) is 13.9. The molecule has 0 N–H and O–H groups in total. The number of hydrogen-bond acceptors (Lipinski definition) is 4. The molecule has 0 radical (unpaired) electrons. The lowest BCUT2D eigenvalue weighted by Gasteiger charge is -2.23. The van der Waals surface area contributed by atoms with Gasteiger partial charge in [0.15, 0.2) is 0 Å². The van der Waals surface area contributed by atoms with Gasteiger partial charge < -0.3 is 4.74 Å². The van der Waals surface area contributed by atoms with Crippen LogP contribution in [0.5, 0.6) is 5.75 Å². The van der Waals surface area contributed by atoms with Gasteiger partial charge in [-0.05, 0) is 61.7 Å². The van der Waals surface area contributed by atoms with Crippen LogP contribution in [0, 0.1) is 0 Å². The van der Waals surface area contributed by atoms with Gasteiger partial charge in [-0.2, -0.15) is 0 Å². The third kappa shape index (κ3) is 4.13. The molecule has 0 saturated heterocycles. The molecule has 6 heteroatoms. The average molecular weight is 364 g/mol. The van der Waals surface area contributed by atoms with Crippen molar-refractivity contribution in [3.05, 3.63) is 61.2 Å². The number of ether oxygens (including phenoxy) is 1. The van der Waals surface area contributed by atoms with Crippen molar-refractivity contribution in [1.29, 1.82) is 0 Å². The summed E-state index contributed by atoms with van der Waals surface area (Å²) in [5.74, 6) is 0.710. The van der Waals surface area contributed by atoms with Gasteiger partial charge in [0.25, 0.3) is 10.0 Å². The van der Waals surface area contributed by atoms with Crippen molar-refractivity contribution in [3.63, 3.8) is 0 Å². The summed E-state index contributed by atoms with van der Waals surface area (Å²) in [5.41, 5.74) is 0.576. The van der Waals surface area contributed by atoms with E-state index in [1.165, 1.54) is 4.31 Å². The molecule has 0 amide bonds. The fourth-order valence-corrected chi connectivity index (χ4v) is 4.05. The van der Waals surface area contributed by atoms with Crippen molar-refractivity contribution in [2.45, 2.75) is 16.7 Å². The lowest BCUT2D eigenvalue weighted by molar-refractivity contribution is 0.340. The Morgan fingerprint density at radius 1 is 1.12 bits per heavy atom. The van der Waals surface area contributed by atoms with Crippen molar-refractivity contribution < 1.29 is 13.2 Å². The molecule has 0 aliphatic heterocycles. The Morgan fingerprint density at radius 2 is 1.75 bits per heavy atom. The largest absolute Gasteiger partial charge is 0.494 e. The van der Waals surface area contributed by atoms with Crippen LogP contribution in [0.15, 0.2) is 71.0 Å². The maximum absolute atomic E-state index is 13.0. The van der Waals surface area contributed by atoms with E-state index in [4.69, 9.17) is 4.74 Å². The Balaban J connectivity index is 2.38. The highest BCUT2D eigenvalue weighted by molar-refractivity contribution is 7.98. The Hall–Kier alpha value is -1.92. The zero-order valence-corrected chi connectivity index (χ0v) is 15.4. The molecule has 0 aliphatic rings. The minimum atomic E-state index is -3.65. The second kappa shape index (κ2) is 8.26. The van der Waals surface area contributed by atoms with E-state index in [0.29, 0.717) is 18.0 Å². The number of nitrogens with zero attached hydrogens (tertiary/aromatic N) is 1. The van der Waals surface area contributed by atoms with Gasteiger partial charge in [-0.1, -0.05) is 6.08 Å². The van der Waals surface area contributed by atoms with Gasteiger partial charge in [0, 0.05) is 4.90 Å². The van der Waals surface area contributed by atoms with Gasteiger partial charge in [0.1, 0.15) is 5.75 Å². The van der Waals surface area contributed by atoms with Crippen LogP contribution in [-0.2, 0) is 10.0 Å². The molecular weight excluding hydrogens is 342 g/mol. The van der Waals surface area contributed by atoms with E-state index >= 15 is 0 Å². The van der Waals surface area contributed by atoms with E-state index in [1.807, 2.05) is 25.3 Å². The highest BCUT2D eigenvalue weighted by Crippen LogP contribution is 2.27. The quantitative estimate of drug-likeness (QED) is 0.521. The number of sulfonamides is 1. The standard InChI is InChI=1S/C18H21NO3S2/c1-4-14-19(15-6-8-16(9-7-15)22-5-2)24(20,21)18-12-10-17(23-3)11-13-18/h4,6-13H,1,5,14H2,2-3H3. The smallest absolute Gasteiger partial charge is 0.264 e. The van der Waals surface area contributed by atoms with Crippen LogP contribution in [0.1, 0.15) is 6.92 Å². The normalized spacial score (nSPS) is 11.1. The minimum Gasteiger partial charge on any atom is -0.494 e. The molecule has 128 valence electrons. The summed E-state index contributed by atoms with van der Waals surface area (Å²) in [6.07, 6.45) is 3.53. The molecule has 0 unspecified atom stereocenters. The molecule has 24 heavy (non-hydrogen) atoms. The van der Waals surface area contributed by atoms with Crippen molar-refractivity contribution in [2.75, 3.05) is 23.7 Å². The molecule has 2 aromatic rings. The zero-order chi connectivity index (χ0) is 17.6. The van der Waals surface area contributed by atoms with Crippen molar-refractivity contribution in [3.8, 4) is 5.75 Å². The number of benzene rings is 2. The lowest BCUT2D eigenvalue weighted by Crippen LogP contribution is -2.31. The van der Waals surface area contributed by atoms with Gasteiger partial charge >= 0.3 is 0 Å². The highest BCUT2D eigenvalue weighted by Gasteiger charge is 2.24. The van der Waals surface area contributed by atoms with Crippen molar-refractivity contribution >= 4 is 27.5 Å². The molecule has 0 bridgehead atoms. The molecule has 0 heterocycles. The van der Waals surface area contributed by atoms with Gasteiger partial charge in [0.2, 0.25) is 0 Å². The summed E-state index contributed by atoms with van der Waals surface area (Å²) in [7, 11) is -3.65. The first kappa shape index (κ1) is 18.4. The van der Waals surface area contributed by atoms with Crippen LogP contribution in [0.3, 0.4) is 0 Å². The topological polar surface area (TPSA) is 46.6 Å². The minimum absolute atomic E-state index is 0.195. The first-order valence-electron chi connectivity index (χ1n) is 7.53. The van der Waals surface area contributed by atoms with E-state index in [9.17, 15) is 8.42 Å². The van der Waals surface area contributed by atoms with E-state index in [-0.39, 0.29) is 11.4 Å². The summed E-state index contributed by atoms with van der Waals surface area (Å²) in [6.45, 7) is 6.34. The monoisotopic (exact) mass is 363 g/mol. The Morgan fingerprint density at radius 3 is 2.25 bits per heavy atom. The highest BCUT2D eigenvalue weighted by atomic mass is 32.2. The number of thioether (sulfide) groups is 1. The molecule has 0 spiro atoms. The molecule has 0 atom stereocenters. The molecule has 4 nitrogen and oxygen atoms in total. The van der Waals surface area contributed by atoms with Gasteiger partial charge in [-0.25, -0.2) is 8.42 Å². The van der Waals surface area contributed by atoms with Crippen LogP contribution in [-0.4, -0.2) is 27.8 Å². The van der Waals surface area contributed by atoms with E-state index in [1.54, 1.807) is 54.2 Å². The summed E-state index contributed by atoms with van der Waals surface area (Å²) in [5, 5.41) is 0. The maximum Gasteiger partial charge on any atom is 0.264 e. The molecule has 0 saturated carbocycles. The molecule has 0 aromatic heterocycles. The molecular formula is C18H21NO3S2. The lowest BCUT2D eigenvalue weighted by atomic mass is 10.3. The fourth-order valence-electron chi connectivity index (χ4n) is 2.21. The molecule has 0 aliphatic carbocycles. The Kier molecular flexibility index (Phi) is 6.34. The van der Waals surface area contributed by atoms with Crippen molar-refractivity contribution in [2.24, 2.45) is 0 Å². The zero-order valence-electron chi connectivity index (χ0n) is 13.8. The summed E-state index contributed by atoms with van der Waals surface area (Å²) < 4.78 is 32.7. The van der Waals surface area contributed by atoms with Gasteiger partial charge in [-0.3, -0.25) is 4.31 Å². The molecule has 0 fully saturated rings. The summed E-state index contributed by atoms with van der Waals surface area (Å²) >= 11 is 1.57. The van der Waals surface area contributed by atoms with Crippen LogP contribution in [0.25, 0.3) is 0 Å². The Bertz CT molecular complexity index is 769. The van der Waals surface area contributed by atoms with Crippen LogP contribution in [0.2, 0.25) is 0 Å². The summed E-state index contributed by atoms with van der Waals surface area (Å²) in [4.78, 5) is 1.28.